The number of thioether (sulfide) groups is 2. The number of carbonyl (C=O) groups excluding carboxylic acids is 13. The summed E-state index contributed by atoms with van der Waals surface area (Å²) in [4.78, 5) is 234. The molecular formula is C77H104N18O20S2. The molecule has 13 amide bonds. The number of aromatic nitrogens is 2. The van der Waals surface area contributed by atoms with Crippen LogP contribution in [-0.2, 0) is 107 Å². The summed E-state index contributed by atoms with van der Waals surface area (Å²) in [5.41, 5.74) is 13.3. The number of hydrogen-bond acceptors (Lipinski definition) is 21. The second-order valence-electron chi connectivity index (χ2n) is 28.7. The van der Waals surface area contributed by atoms with E-state index in [1.165, 1.54) is 34.1 Å². The van der Waals surface area contributed by atoms with Crippen molar-refractivity contribution >= 4 is 124 Å². The number of carbonyl (C=O) groups is 16. The van der Waals surface area contributed by atoms with Gasteiger partial charge >= 0.3 is 17.9 Å². The molecule has 117 heavy (non-hydrogen) atoms. The van der Waals surface area contributed by atoms with Crippen LogP contribution in [0, 0.1) is 5.41 Å². The Hall–Kier alpha value is -11.7. The van der Waals surface area contributed by atoms with E-state index in [1.54, 1.807) is 72.8 Å². The van der Waals surface area contributed by atoms with Crippen molar-refractivity contribution in [2.75, 3.05) is 31.1 Å². The molecule has 0 saturated carbocycles. The molecule has 7 rings (SSSR count). The van der Waals surface area contributed by atoms with Crippen LogP contribution in [0.4, 0.5) is 0 Å². The lowest BCUT2D eigenvalue weighted by Crippen LogP contribution is -2.62. The number of primary amides is 1. The maximum atomic E-state index is 15.2. The number of carboxylic acid groups (broad SMARTS) is 3. The number of nitrogens with zero attached hydrogens (tertiary/aromatic N) is 3. The van der Waals surface area contributed by atoms with Crippen LogP contribution in [0.1, 0.15) is 132 Å². The summed E-state index contributed by atoms with van der Waals surface area (Å²) in [6.45, 7) is 3.38. The molecule has 0 spiro atoms. The molecule has 4 aromatic rings. The molecule has 0 unspecified atom stereocenters. The number of nitrogens with two attached hydrogens (primary N) is 2. The van der Waals surface area contributed by atoms with Gasteiger partial charge in [-0.1, -0.05) is 105 Å². The average Bonchev–Trinajstić information content (AvgIpc) is 1.66. The van der Waals surface area contributed by atoms with Gasteiger partial charge in [0.2, 0.25) is 76.8 Å². The van der Waals surface area contributed by atoms with Crippen LogP contribution in [0.2, 0.25) is 0 Å². The highest BCUT2D eigenvalue weighted by Gasteiger charge is 2.46. The van der Waals surface area contributed by atoms with Crippen molar-refractivity contribution in [2.45, 2.75) is 213 Å². The first kappa shape index (κ1) is 92.5. The molecule has 38 nitrogen and oxygen atoms in total. The highest BCUT2D eigenvalue weighted by Crippen LogP contribution is 2.28. The van der Waals surface area contributed by atoms with E-state index in [0.717, 1.165) is 37.1 Å². The maximum absolute atomic E-state index is 15.2. The third-order valence-electron chi connectivity index (χ3n) is 19.5. The Morgan fingerprint density at radius 1 is 0.598 bits per heavy atom. The Bertz CT molecular complexity index is 4150. The number of benzene rings is 3. The molecule has 40 heteroatoms. The Kier molecular flexibility index (Phi) is 37.0. The summed E-state index contributed by atoms with van der Waals surface area (Å²) < 4.78 is 0. The molecule has 1 aromatic heterocycles. The molecular weight excluding hydrogens is 1560 g/mol. The van der Waals surface area contributed by atoms with Crippen molar-refractivity contribution < 1.29 is 97.1 Å². The lowest BCUT2D eigenvalue weighted by molar-refractivity contribution is -0.148. The molecule has 21 N–H and O–H groups in total. The largest absolute Gasteiger partial charge is 0.481 e. The van der Waals surface area contributed by atoms with E-state index in [0.29, 0.717) is 41.7 Å². The average molecular weight is 1670 g/mol. The lowest BCUT2D eigenvalue weighted by Gasteiger charge is -2.33. The number of H-pyrrole nitrogens is 1. The van der Waals surface area contributed by atoms with Gasteiger partial charge in [-0.25, -0.2) is 4.98 Å². The number of aromatic amines is 1. The van der Waals surface area contributed by atoms with Crippen LogP contribution in [-0.4, -0.2) is 251 Å². The van der Waals surface area contributed by atoms with Gasteiger partial charge < -0.3 is 105 Å². The zero-order chi connectivity index (χ0) is 85.3. The molecule has 13 atom stereocenters. The summed E-state index contributed by atoms with van der Waals surface area (Å²) in [6, 6.07) is 4.14. The summed E-state index contributed by atoms with van der Waals surface area (Å²) in [5.74, 6) is -17.5. The number of aliphatic hydroxyl groups excluding tert-OH is 1. The number of amides is 13. The molecule has 2 fully saturated rings. The number of nitrogens with one attached hydrogen (secondary N) is 13. The van der Waals surface area contributed by atoms with Gasteiger partial charge in [0.25, 0.3) is 0 Å². The summed E-state index contributed by atoms with van der Waals surface area (Å²) in [6.07, 6.45) is -0.520. The van der Waals surface area contributed by atoms with Crippen LogP contribution in [0.15, 0.2) is 97.5 Å². The standard InChI is InChI=1S/C77H104N18O20S2/c1-3-4-7-25-60(97)84-57-41-117-39-47-21-12-20-46(31-47)38-116-40-56(92-69(108)53(33-45-18-10-6-11-19-45)88-67(106)50(26-27-61(98)99)86-74(113)64(43(2)96)93-73(112)58-23-14-29-94(58)76(115)59-24-15-30-95(59)75(57)114)72(111)91-55(36-63(102)103)71(110)90-54(34-48-37-81-42-83-48)70(109)89-52(32-44-16-8-5-9-17-44)68(107)85-49(22-13-28-82-77(79)80)66(105)87-51(65(78)104)35-62(100)101/h5-6,8-12,16-21,31,37,42-43,49-59,64,96H,3-4,7,13-15,22-30,32-36,38-41H2,1-2H3,(H2,78,104)(H,81,83)(H,84,97)(H,85,107)(H,86,113)(H,87,105)(H,88,106)(H,89,109)(H,90,110)(H,91,111)(H,92,108)(H,93,112)(H,98,99)(H,100,101)(H,102,103)(H4,79,80,82)/t43-,49+,50+,51+,52+,53+,54+,55+,56+,57+,58+,59+,64+/m1/s1. The van der Waals surface area contributed by atoms with E-state index in [4.69, 9.17) is 16.9 Å². The van der Waals surface area contributed by atoms with Gasteiger partial charge in [0.1, 0.15) is 72.5 Å². The molecule has 4 heterocycles. The quantitative estimate of drug-likeness (QED) is 0.0136. The minimum Gasteiger partial charge on any atom is -0.481 e. The van der Waals surface area contributed by atoms with Crippen LogP contribution in [0.5, 0.6) is 0 Å². The zero-order valence-electron chi connectivity index (χ0n) is 64.8. The number of guanidine groups is 1. The maximum Gasteiger partial charge on any atom is 0.305 e. The molecule has 634 valence electrons. The van der Waals surface area contributed by atoms with Crippen LogP contribution >= 0.6 is 23.5 Å². The third-order valence-corrected chi connectivity index (χ3v) is 21.7. The molecule has 3 aromatic carbocycles. The molecule has 2 saturated heterocycles. The van der Waals surface area contributed by atoms with E-state index in [-0.39, 0.29) is 93.4 Å². The fraction of sp³-hybridized carbons (Fsp3) is 0.506. The predicted octanol–water partition coefficient (Wildman–Crippen LogP) is -2.03. The fourth-order valence-corrected chi connectivity index (χ4v) is 15.4. The Morgan fingerprint density at radius 3 is 1.76 bits per heavy atom. The molecule has 0 radical (unpaired) electrons. The van der Waals surface area contributed by atoms with E-state index in [1.807, 2.05) is 19.1 Å². The number of hydrogen-bond donors (Lipinski definition) is 19. The van der Waals surface area contributed by atoms with E-state index < -0.39 is 205 Å². The first-order chi connectivity index (χ1) is 55.9. The first-order valence-electron chi connectivity index (χ1n) is 38.5. The Labute approximate surface area is 682 Å². The van der Waals surface area contributed by atoms with Gasteiger partial charge in [-0.2, -0.15) is 23.5 Å². The van der Waals surface area contributed by atoms with Crippen LogP contribution < -0.4 is 70.0 Å². The second-order valence-corrected chi connectivity index (χ2v) is 30.7. The fourth-order valence-electron chi connectivity index (χ4n) is 13.4. The molecule has 3 aliphatic heterocycles. The van der Waals surface area contributed by atoms with Gasteiger partial charge in [-0.15, -0.1) is 0 Å². The van der Waals surface area contributed by atoms with Crippen molar-refractivity contribution in [1.82, 2.24) is 78.3 Å². The van der Waals surface area contributed by atoms with Crippen molar-refractivity contribution in [1.29, 1.82) is 5.41 Å². The zero-order valence-corrected chi connectivity index (χ0v) is 66.5. The van der Waals surface area contributed by atoms with E-state index in [2.05, 4.69) is 68.5 Å². The summed E-state index contributed by atoms with van der Waals surface area (Å²) in [7, 11) is 0. The number of aliphatic hydroxyl groups is 1. The second kappa shape index (κ2) is 46.8. The highest BCUT2D eigenvalue weighted by molar-refractivity contribution is 7.98. The van der Waals surface area contributed by atoms with Gasteiger partial charge in [0, 0.05) is 80.9 Å². The van der Waals surface area contributed by atoms with Crippen molar-refractivity contribution in [3.05, 3.63) is 125 Å². The molecule has 3 aliphatic rings. The SMILES string of the molecule is CCCCCC(=O)N[C@H]1CSCc2cccc(c2)CSC[C@@H](C(=O)N[C@@H](CC(=O)O)C(=O)N[C@@H](Cc2c[nH]cn2)C(=O)N[C@@H](Cc2ccccc2)C(=O)N[C@@H](CCCNC(=N)N)C(=O)N[C@@H](CC(=O)O)C(N)=O)NC(=O)[C@H](Cc2ccccc2)NC(=O)[C@H](CCC(=O)O)NC(=O)[C@H]([C@@H](C)O)NC(=O)[C@@H]2CCCN2C(=O)[C@@H]2CCCN2C1=O. The minimum atomic E-state index is -2.09. The highest BCUT2D eigenvalue weighted by atomic mass is 32.2. The number of rotatable bonds is 34. The van der Waals surface area contributed by atoms with Crippen molar-refractivity contribution in [2.24, 2.45) is 11.5 Å². The number of carboxylic acids is 3. The number of imidazole rings is 1. The molecule has 2 bridgehead atoms. The lowest BCUT2D eigenvalue weighted by atomic mass is 10.0. The summed E-state index contributed by atoms with van der Waals surface area (Å²) >= 11 is 2.40. The molecule has 0 aliphatic carbocycles. The smallest absolute Gasteiger partial charge is 0.305 e. The number of unbranched alkanes of at least 4 members (excludes halogenated alkanes) is 2. The summed E-state index contributed by atoms with van der Waals surface area (Å²) in [5, 5.41) is 76.4. The van der Waals surface area contributed by atoms with Crippen molar-refractivity contribution in [3.63, 3.8) is 0 Å². The normalized spacial score (nSPS) is 20.8. The third kappa shape index (κ3) is 30.2. The number of aliphatic carboxylic acids is 3. The van der Waals surface area contributed by atoms with Gasteiger partial charge in [-0.3, -0.25) is 82.1 Å². The van der Waals surface area contributed by atoms with Gasteiger partial charge in [0.05, 0.1) is 31.0 Å². The van der Waals surface area contributed by atoms with Crippen molar-refractivity contribution in [3.8, 4) is 0 Å². The monoisotopic (exact) mass is 1660 g/mol. The van der Waals surface area contributed by atoms with E-state index in [9.17, 15) is 87.5 Å². The number of fused-ring (bicyclic) bond motifs is 4. The Balaban J connectivity index is 1.23. The topological polar surface area (TPSA) is 597 Å². The van der Waals surface area contributed by atoms with Crippen LogP contribution in [0.25, 0.3) is 0 Å². The Morgan fingerprint density at radius 2 is 1.16 bits per heavy atom. The predicted molar refractivity (Wildman–Crippen MR) is 426 cm³/mol. The van der Waals surface area contributed by atoms with Gasteiger partial charge in [0.15, 0.2) is 5.96 Å². The minimum absolute atomic E-state index is 0.00462. The van der Waals surface area contributed by atoms with Crippen LogP contribution in [0.3, 0.4) is 0 Å². The van der Waals surface area contributed by atoms with E-state index >= 15 is 9.59 Å². The van der Waals surface area contributed by atoms with Gasteiger partial charge in [-0.05, 0) is 80.5 Å². The first-order valence-corrected chi connectivity index (χ1v) is 40.8.